The highest BCUT2D eigenvalue weighted by molar-refractivity contribution is 14.0. The van der Waals surface area contributed by atoms with Crippen LogP contribution in [0.25, 0.3) is 0 Å². The van der Waals surface area contributed by atoms with Gasteiger partial charge in [0.2, 0.25) is 0 Å². The summed E-state index contributed by atoms with van der Waals surface area (Å²) < 4.78 is 0. The summed E-state index contributed by atoms with van der Waals surface area (Å²) in [6.07, 6.45) is 2.38. The number of benzene rings is 1. The third kappa shape index (κ3) is 5.80. The number of aliphatic hydroxyl groups excluding tert-OH is 1. The lowest BCUT2D eigenvalue weighted by Crippen LogP contribution is -2.51. The van der Waals surface area contributed by atoms with E-state index in [1.807, 2.05) is 11.6 Å². The highest BCUT2D eigenvalue weighted by Crippen LogP contribution is 2.19. The number of aromatic nitrogens is 1. The Balaban J connectivity index is 0.00000240. The van der Waals surface area contributed by atoms with Crippen molar-refractivity contribution in [3.63, 3.8) is 0 Å². The first kappa shape index (κ1) is 22.3. The van der Waals surface area contributed by atoms with Crippen LogP contribution >= 0.6 is 35.3 Å². The van der Waals surface area contributed by atoms with Crippen LogP contribution in [0.5, 0.6) is 0 Å². The second-order valence-corrected chi connectivity index (χ2v) is 8.27. The molecule has 1 aromatic heterocycles. The minimum absolute atomic E-state index is 0. The fourth-order valence-electron chi connectivity index (χ4n) is 3.86. The molecule has 2 aliphatic rings. The summed E-state index contributed by atoms with van der Waals surface area (Å²) in [6.45, 7) is 6.28. The molecule has 1 aromatic carbocycles. The number of fused-ring (bicyclic) bond motifs is 1. The number of nitrogens with zero attached hydrogens (tertiary/aromatic N) is 5. The maximum absolute atomic E-state index is 10.4. The Kier molecular flexibility index (Phi) is 8.10. The molecule has 1 saturated heterocycles. The highest BCUT2D eigenvalue weighted by Gasteiger charge is 2.21. The Morgan fingerprint density at radius 3 is 2.66 bits per heavy atom. The average molecular weight is 528 g/mol. The lowest BCUT2D eigenvalue weighted by atomic mass is 10.00. The van der Waals surface area contributed by atoms with Gasteiger partial charge in [0.15, 0.2) is 11.1 Å². The molecular formula is C20H29IN6OS. The van der Waals surface area contributed by atoms with Gasteiger partial charge in [0.25, 0.3) is 0 Å². The van der Waals surface area contributed by atoms with E-state index in [4.69, 9.17) is 5.73 Å². The first-order valence-corrected chi connectivity index (χ1v) is 10.7. The minimum atomic E-state index is -0.500. The number of hydrogen-bond donors (Lipinski definition) is 2. The van der Waals surface area contributed by atoms with Gasteiger partial charge in [0.1, 0.15) is 0 Å². The molecule has 0 amide bonds. The van der Waals surface area contributed by atoms with E-state index in [0.29, 0.717) is 19.0 Å². The molecule has 0 radical (unpaired) electrons. The van der Waals surface area contributed by atoms with Crippen molar-refractivity contribution in [2.45, 2.75) is 19.1 Å². The van der Waals surface area contributed by atoms with Gasteiger partial charge in [-0.15, -0.1) is 35.3 Å². The molecule has 9 heteroatoms. The normalized spacial score (nSPS) is 18.9. The summed E-state index contributed by atoms with van der Waals surface area (Å²) in [5.74, 6) is 0.529. The molecule has 0 bridgehead atoms. The van der Waals surface area contributed by atoms with Crippen molar-refractivity contribution in [1.29, 1.82) is 0 Å². The quantitative estimate of drug-likeness (QED) is 0.349. The van der Waals surface area contributed by atoms with Gasteiger partial charge in [-0.1, -0.05) is 24.3 Å². The van der Waals surface area contributed by atoms with Gasteiger partial charge in [0, 0.05) is 57.4 Å². The van der Waals surface area contributed by atoms with Crippen molar-refractivity contribution in [3.05, 3.63) is 47.0 Å². The Bertz CT molecular complexity index is 794. The molecule has 29 heavy (non-hydrogen) atoms. The highest BCUT2D eigenvalue weighted by atomic mass is 127. The zero-order chi connectivity index (χ0) is 19.3. The van der Waals surface area contributed by atoms with E-state index >= 15 is 0 Å². The zero-order valence-electron chi connectivity index (χ0n) is 16.5. The first-order valence-electron chi connectivity index (χ1n) is 9.85. The third-order valence-electron chi connectivity index (χ3n) is 5.44. The van der Waals surface area contributed by atoms with E-state index in [9.17, 15) is 5.11 Å². The van der Waals surface area contributed by atoms with Crippen LogP contribution in [-0.2, 0) is 13.0 Å². The monoisotopic (exact) mass is 528 g/mol. The number of hydrogen-bond acceptors (Lipinski definition) is 6. The molecule has 158 valence electrons. The summed E-state index contributed by atoms with van der Waals surface area (Å²) >= 11 is 1.66. The fraction of sp³-hybridized carbons (Fsp3) is 0.500. The number of anilines is 1. The lowest BCUT2D eigenvalue weighted by Gasteiger charge is -2.35. The molecule has 4 rings (SSSR count). The summed E-state index contributed by atoms with van der Waals surface area (Å²) in [4.78, 5) is 15.5. The summed E-state index contributed by atoms with van der Waals surface area (Å²) in [5.41, 5.74) is 8.96. The van der Waals surface area contributed by atoms with Gasteiger partial charge in [-0.25, -0.2) is 4.98 Å². The van der Waals surface area contributed by atoms with E-state index in [1.54, 1.807) is 11.3 Å². The summed E-state index contributed by atoms with van der Waals surface area (Å²) in [7, 11) is 0. The van der Waals surface area contributed by atoms with Gasteiger partial charge in [-0.05, 0) is 17.5 Å². The number of β-amino-alcohol motifs (C(OH)–C–C–N with tert-alkyl or cyclic N) is 1. The maximum atomic E-state index is 10.4. The molecule has 1 atom stereocenters. The summed E-state index contributed by atoms with van der Waals surface area (Å²) in [5, 5.41) is 13.5. The Morgan fingerprint density at radius 2 is 1.93 bits per heavy atom. The predicted molar refractivity (Wildman–Crippen MR) is 129 cm³/mol. The first-order chi connectivity index (χ1) is 13.7. The van der Waals surface area contributed by atoms with Gasteiger partial charge in [0.05, 0.1) is 12.6 Å². The van der Waals surface area contributed by atoms with Gasteiger partial charge in [-0.3, -0.25) is 9.89 Å². The number of piperazine rings is 1. The van der Waals surface area contributed by atoms with Crippen LogP contribution in [0.1, 0.15) is 11.1 Å². The number of aliphatic hydroxyl groups is 1. The molecule has 7 nitrogen and oxygen atoms in total. The Hall–Kier alpha value is -1.43. The maximum Gasteiger partial charge on any atom is 0.191 e. The van der Waals surface area contributed by atoms with Crippen molar-refractivity contribution >= 4 is 46.4 Å². The third-order valence-corrected chi connectivity index (χ3v) is 6.27. The Labute approximate surface area is 193 Å². The molecule has 0 spiro atoms. The van der Waals surface area contributed by atoms with Crippen LogP contribution in [0.2, 0.25) is 0 Å². The van der Waals surface area contributed by atoms with Gasteiger partial charge in [-0.2, -0.15) is 0 Å². The van der Waals surface area contributed by atoms with Crippen molar-refractivity contribution < 1.29 is 5.11 Å². The molecule has 0 aliphatic carbocycles. The number of thiazole rings is 1. The van der Waals surface area contributed by atoms with E-state index in [-0.39, 0.29) is 24.0 Å². The van der Waals surface area contributed by atoms with Gasteiger partial charge >= 0.3 is 0 Å². The second kappa shape index (κ2) is 10.6. The number of aliphatic imine (C=N–C) groups is 1. The average Bonchev–Trinajstić information content (AvgIpc) is 3.27. The fourth-order valence-corrected chi connectivity index (χ4v) is 4.56. The molecular weight excluding hydrogens is 499 g/mol. The molecule has 0 saturated carbocycles. The molecule has 1 fully saturated rings. The topological polar surface area (TPSA) is 81.2 Å². The SMILES string of the molecule is I.NC(=NCC(O)CN1CCc2ccccc2C1)N1CCN(c2nccs2)CC1. The minimum Gasteiger partial charge on any atom is -0.390 e. The Morgan fingerprint density at radius 1 is 1.17 bits per heavy atom. The lowest BCUT2D eigenvalue weighted by molar-refractivity contribution is 0.111. The number of nitrogens with two attached hydrogens (primary N) is 1. The molecule has 3 heterocycles. The van der Waals surface area contributed by atoms with E-state index in [2.05, 4.69) is 48.9 Å². The van der Waals surface area contributed by atoms with Crippen LogP contribution in [0.4, 0.5) is 5.13 Å². The largest absolute Gasteiger partial charge is 0.390 e. The molecule has 2 aromatic rings. The van der Waals surface area contributed by atoms with E-state index < -0.39 is 6.10 Å². The van der Waals surface area contributed by atoms with Crippen molar-refractivity contribution in [2.75, 3.05) is 50.7 Å². The smallest absolute Gasteiger partial charge is 0.191 e. The van der Waals surface area contributed by atoms with Crippen LogP contribution in [0.15, 0.2) is 40.8 Å². The second-order valence-electron chi connectivity index (χ2n) is 7.40. The zero-order valence-corrected chi connectivity index (χ0v) is 19.6. The van der Waals surface area contributed by atoms with Crippen LogP contribution in [0, 0.1) is 0 Å². The summed E-state index contributed by atoms with van der Waals surface area (Å²) in [6, 6.07) is 8.55. The van der Waals surface area contributed by atoms with E-state index in [0.717, 1.165) is 50.8 Å². The van der Waals surface area contributed by atoms with Crippen LogP contribution in [-0.4, -0.2) is 77.8 Å². The predicted octanol–water partition coefficient (Wildman–Crippen LogP) is 1.62. The van der Waals surface area contributed by atoms with Crippen LogP contribution in [0.3, 0.4) is 0 Å². The van der Waals surface area contributed by atoms with Gasteiger partial charge < -0.3 is 20.6 Å². The number of guanidine groups is 1. The molecule has 3 N–H and O–H groups in total. The molecule has 1 unspecified atom stereocenters. The van der Waals surface area contributed by atoms with Crippen molar-refractivity contribution in [3.8, 4) is 0 Å². The molecule has 2 aliphatic heterocycles. The van der Waals surface area contributed by atoms with Crippen molar-refractivity contribution in [1.82, 2.24) is 14.8 Å². The number of rotatable bonds is 5. The number of halogens is 1. The van der Waals surface area contributed by atoms with Crippen LogP contribution < -0.4 is 10.6 Å². The van der Waals surface area contributed by atoms with E-state index in [1.165, 1.54) is 11.1 Å². The standard InChI is InChI=1S/C20H28N6OS.HI/c21-19(25-8-10-26(11-9-25)20-22-6-12-28-20)23-13-18(27)15-24-7-5-16-3-1-2-4-17(16)14-24;/h1-4,6,12,18,27H,5,7-11,13-15H2,(H2,21,23);1H. The van der Waals surface area contributed by atoms with Crippen molar-refractivity contribution in [2.24, 2.45) is 10.7 Å².